The van der Waals surface area contributed by atoms with Crippen LogP contribution in [-0.2, 0) is 9.59 Å². The molecule has 1 aromatic rings. The second-order valence-electron chi connectivity index (χ2n) is 6.03. The van der Waals surface area contributed by atoms with Gasteiger partial charge in [-0.3, -0.25) is 19.3 Å². The summed E-state index contributed by atoms with van der Waals surface area (Å²) >= 11 is 0.819. The summed E-state index contributed by atoms with van der Waals surface area (Å²) in [4.78, 5) is 39.6. The van der Waals surface area contributed by atoms with Crippen molar-refractivity contribution in [2.75, 3.05) is 40.5 Å². The Bertz CT molecular complexity index is 778. The first kappa shape index (κ1) is 18.3. The van der Waals surface area contributed by atoms with Crippen LogP contribution in [-0.4, -0.2) is 67.4 Å². The summed E-state index contributed by atoms with van der Waals surface area (Å²) in [7, 11) is 3.78. The van der Waals surface area contributed by atoms with E-state index in [1.807, 2.05) is 19.0 Å². The van der Waals surface area contributed by atoms with E-state index in [0.29, 0.717) is 24.6 Å². The lowest BCUT2D eigenvalue weighted by atomic mass is 10.2. The molecule has 1 saturated heterocycles. The summed E-state index contributed by atoms with van der Waals surface area (Å²) in [6, 6.07) is 5.26. The number of nitrogens with one attached hydrogen (secondary N) is 1. The first-order valence-electron chi connectivity index (χ1n) is 8.00. The monoisotopic (exact) mass is 377 g/mol. The Hall–Kier alpha value is -2.52. The number of hydrogen-bond acceptors (Lipinski definition) is 7. The van der Waals surface area contributed by atoms with Crippen LogP contribution < -0.4 is 14.8 Å². The number of carbonyl (C=O) groups is 3. The summed E-state index contributed by atoms with van der Waals surface area (Å²) in [5, 5.41) is 2.23. The van der Waals surface area contributed by atoms with Gasteiger partial charge in [0.15, 0.2) is 11.5 Å². The number of thioether (sulfide) groups is 1. The summed E-state index contributed by atoms with van der Waals surface area (Å²) < 4.78 is 10.5. The van der Waals surface area contributed by atoms with Gasteiger partial charge in [-0.05, 0) is 49.6 Å². The zero-order valence-electron chi connectivity index (χ0n) is 14.5. The Labute approximate surface area is 155 Å². The first-order chi connectivity index (χ1) is 12.4. The van der Waals surface area contributed by atoms with Crippen LogP contribution >= 0.6 is 11.8 Å². The number of nitrogens with zero attached hydrogens (tertiary/aromatic N) is 2. The molecular weight excluding hydrogens is 358 g/mol. The normalized spacial score (nSPS) is 17.5. The number of benzene rings is 1. The van der Waals surface area contributed by atoms with Crippen molar-refractivity contribution in [3.63, 3.8) is 0 Å². The van der Waals surface area contributed by atoms with Crippen LogP contribution in [0.25, 0.3) is 6.08 Å². The molecule has 3 amide bonds. The lowest BCUT2D eigenvalue weighted by Gasteiger charge is -2.14. The zero-order valence-corrected chi connectivity index (χ0v) is 15.3. The number of rotatable bonds is 6. The Morgan fingerprint density at radius 2 is 2.08 bits per heavy atom. The molecule has 8 nitrogen and oxygen atoms in total. The van der Waals surface area contributed by atoms with Crippen LogP contribution in [0.5, 0.6) is 11.5 Å². The molecule has 0 bridgehead atoms. The molecule has 26 heavy (non-hydrogen) atoms. The predicted molar refractivity (Wildman–Crippen MR) is 96.8 cm³/mol. The van der Waals surface area contributed by atoms with Crippen molar-refractivity contribution in [1.82, 2.24) is 15.1 Å². The van der Waals surface area contributed by atoms with E-state index in [0.717, 1.165) is 22.2 Å². The molecule has 138 valence electrons. The minimum Gasteiger partial charge on any atom is -0.454 e. The molecule has 1 N–H and O–H groups in total. The van der Waals surface area contributed by atoms with Gasteiger partial charge in [0.05, 0.1) is 4.91 Å². The van der Waals surface area contributed by atoms with Gasteiger partial charge in [0.25, 0.3) is 11.1 Å². The number of imide groups is 1. The highest BCUT2D eigenvalue weighted by atomic mass is 32.2. The van der Waals surface area contributed by atoms with Gasteiger partial charge in [0.1, 0.15) is 6.54 Å². The number of likely N-dealkylation sites (N-methyl/N-ethyl adjacent to an activating group) is 1. The maximum atomic E-state index is 12.4. The Morgan fingerprint density at radius 1 is 1.31 bits per heavy atom. The maximum absolute atomic E-state index is 12.4. The number of amides is 3. The Morgan fingerprint density at radius 3 is 2.85 bits per heavy atom. The fraction of sp³-hybridized carbons (Fsp3) is 0.353. The summed E-state index contributed by atoms with van der Waals surface area (Å²) in [5.74, 6) is 0.404. The van der Waals surface area contributed by atoms with Crippen molar-refractivity contribution in [3.8, 4) is 11.5 Å². The van der Waals surface area contributed by atoms with Crippen LogP contribution in [0.1, 0.15) is 5.56 Å². The predicted octanol–water partition coefficient (Wildman–Crippen LogP) is 1.13. The second-order valence-corrected chi connectivity index (χ2v) is 7.03. The van der Waals surface area contributed by atoms with E-state index in [9.17, 15) is 14.4 Å². The zero-order chi connectivity index (χ0) is 18.7. The first-order valence-corrected chi connectivity index (χ1v) is 8.82. The van der Waals surface area contributed by atoms with Crippen molar-refractivity contribution in [2.24, 2.45) is 0 Å². The molecule has 0 saturated carbocycles. The highest BCUT2D eigenvalue weighted by Gasteiger charge is 2.36. The van der Waals surface area contributed by atoms with Gasteiger partial charge in [0.2, 0.25) is 12.7 Å². The summed E-state index contributed by atoms with van der Waals surface area (Å²) in [6.45, 7) is 1.02. The Balaban J connectivity index is 1.64. The molecule has 3 rings (SSSR count). The molecule has 0 aromatic heterocycles. The lowest BCUT2D eigenvalue weighted by Crippen LogP contribution is -2.41. The highest BCUT2D eigenvalue weighted by Crippen LogP contribution is 2.36. The van der Waals surface area contributed by atoms with E-state index >= 15 is 0 Å². The van der Waals surface area contributed by atoms with E-state index in [4.69, 9.17) is 9.47 Å². The minimum absolute atomic E-state index is 0.165. The standard InChI is InChI=1S/C17H19N3O5S/c1-19(2)6-5-18-15(21)9-20-16(22)14(26-17(20)23)8-11-3-4-12-13(7-11)25-10-24-12/h3-4,7-8H,5-6,9-10H2,1-2H3,(H,18,21)/b14-8+. The van der Waals surface area contributed by atoms with E-state index in [-0.39, 0.29) is 24.2 Å². The maximum Gasteiger partial charge on any atom is 0.294 e. The number of hydrogen-bond donors (Lipinski definition) is 1. The van der Waals surface area contributed by atoms with Crippen LogP contribution in [0.2, 0.25) is 0 Å². The van der Waals surface area contributed by atoms with Gasteiger partial charge in [-0.2, -0.15) is 0 Å². The average molecular weight is 377 g/mol. The van der Waals surface area contributed by atoms with Crippen LogP contribution in [0, 0.1) is 0 Å². The van der Waals surface area contributed by atoms with Crippen molar-refractivity contribution in [2.45, 2.75) is 0 Å². The third-order valence-electron chi connectivity index (χ3n) is 3.75. The van der Waals surface area contributed by atoms with Gasteiger partial charge >= 0.3 is 0 Å². The van der Waals surface area contributed by atoms with Crippen molar-refractivity contribution in [3.05, 3.63) is 28.7 Å². The van der Waals surface area contributed by atoms with E-state index in [1.165, 1.54) is 0 Å². The lowest BCUT2D eigenvalue weighted by molar-refractivity contribution is -0.129. The number of fused-ring (bicyclic) bond motifs is 1. The number of ether oxygens (including phenoxy) is 2. The smallest absolute Gasteiger partial charge is 0.294 e. The van der Waals surface area contributed by atoms with Crippen molar-refractivity contribution < 1.29 is 23.9 Å². The Kier molecular flexibility index (Phi) is 5.48. The molecule has 2 aliphatic heterocycles. The molecule has 0 radical (unpaired) electrons. The van der Waals surface area contributed by atoms with Gasteiger partial charge in [-0.1, -0.05) is 6.07 Å². The van der Waals surface area contributed by atoms with E-state index in [1.54, 1.807) is 24.3 Å². The van der Waals surface area contributed by atoms with Gasteiger partial charge in [-0.25, -0.2) is 0 Å². The molecule has 9 heteroatoms. The highest BCUT2D eigenvalue weighted by molar-refractivity contribution is 8.18. The quantitative estimate of drug-likeness (QED) is 0.744. The largest absolute Gasteiger partial charge is 0.454 e. The summed E-state index contributed by atoms with van der Waals surface area (Å²) in [5.41, 5.74) is 0.718. The van der Waals surface area contributed by atoms with Gasteiger partial charge in [0, 0.05) is 13.1 Å². The van der Waals surface area contributed by atoms with Crippen LogP contribution in [0.4, 0.5) is 4.79 Å². The topological polar surface area (TPSA) is 88.2 Å². The fourth-order valence-corrected chi connectivity index (χ4v) is 3.25. The average Bonchev–Trinajstić information content (AvgIpc) is 3.14. The molecule has 0 aliphatic carbocycles. The van der Waals surface area contributed by atoms with E-state index in [2.05, 4.69) is 5.32 Å². The molecule has 0 atom stereocenters. The molecule has 1 fully saturated rings. The molecule has 2 heterocycles. The third-order valence-corrected chi connectivity index (χ3v) is 4.66. The van der Waals surface area contributed by atoms with Crippen LogP contribution in [0.15, 0.2) is 23.1 Å². The molecule has 2 aliphatic rings. The van der Waals surface area contributed by atoms with Crippen molar-refractivity contribution >= 4 is 34.9 Å². The van der Waals surface area contributed by atoms with Gasteiger partial charge in [-0.15, -0.1) is 0 Å². The fourth-order valence-electron chi connectivity index (χ4n) is 2.41. The van der Waals surface area contributed by atoms with Gasteiger partial charge < -0.3 is 19.7 Å². The SMILES string of the molecule is CN(C)CCNC(=O)CN1C(=O)S/C(=C/c2ccc3c(c2)OCO3)C1=O. The molecular formula is C17H19N3O5S. The van der Waals surface area contributed by atoms with Crippen molar-refractivity contribution in [1.29, 1.82) is 0 Å². The van der Waals surface area contributed by atoms with Crippen LogP contribution in [0.3, 0.4) is 0 Å². The minimum atomic E-state index is -0.472. The van der Waals surface area contributed by atoms with E-state index < -0.39 is 11.1 Å². The second kappa shape index (κ2) is 7.79. The summed E-state index contributed by atoms with van der Waals surface area (Å²) in [6.07, 6.45) is 1.61. The molecule has 1 aromatic carbocycles. The molecule has 0 spiro atoms. The number of carbonyl (C=O) groups excluding carboxylic acids is 3. The third kappa shape index (κ3) is 4.17. The molecule has 0 unspecified atom stereocenters.